The molecule has 0 bridgehead atoms. The first-order chi connectivity index (χ1) is 17.4. The van der Waals surface area contributed by atoms with Gasteiger partial charge in [0.2, 0.25) is 5.91 Å². The predicted molar refractivity (Wildman–Crippen MR) is 141 cm³/mol. The molecule has 0 aromatic heterocycles. The Balaban J connectivity index is 1.37. The van der Waals surface area contributed by atoms with Crippen molar-refractivity contribution >= 4 is 52.2 Å². The summed E-state index contributed by atoms with van der Waals surface area (Å²) in [6.45, 7) is 2.34. The number of carbonyl (C=O) groups excluding carboxylic acids is 3. The molecule has 1 saturated heterocycles. The third-order valence-electron chi connectivity index (χ3n) is 5.13. The molecule has 7 nitrogen and oxygen atoms in total. The fourth-order valence-electron chi connectivity index (χ4n) is 3.40. The van der Waals surface area contributed by atoms with Gasteiger partial charge in [0, 0.05) is 16.3 Å². The second-order valence-electron chi connectivity index (χ2n) is 7.73. The van der Waals surface area contributed by atoms with E-state index in [1.807, 2.05) is 25.1 Å². The molecule has 0 spiro atoms. The molecular formula is C27H23ClN2O5S. The van der Waals surface area contributed by atoms with Crippen LogP contribution in [0.3, 0.4) is 0 Å². The highest BCUT2D eigenvalue weighted by Crippen LogP contribution is 2.32. The summed E-state index contributed by atoms with van der Waals surface area (Å²) in [7, 11) is 0. The summed E-state index contributed by atoms with van der Waals surface area (Å²) in [6, 6.07) is 21.4. The van der Waals surface area contributed by atoms with E-state index in [-0.39, 0.29) is 11.4 Å². The highest BCUT2D eigenvalue weighted by atomic mass is 35.5. The quantitative estimate of drug-likeness (QED) is 0.347. The van der Waals surface area contributed by atoms with Gasteiger partial charge in [0.05, 0.1) is 11.5 Å². The lowest BCUT2D eigenvalue weighted by atomic mass is 10.2. The number of amides is 3. The van der Waals surface area contributed by atoms with Crippen LogP contribution < -0.4 is 14.8 Å². The van der Waals surface area contributed by atoms with Crippen LogP contribution in [-0.4, -0.2) is 35.1 Å². The number of carbonyl (C=O) groups is 3. The van der Waals surface area contributed by atoms with Crippen molar-refractivity contribution in [3.8, 4) is 11.5 Å². The number of benzene rings is 3. The van der Waals surface area contributed by atoms with Gasteiger partial charge >= 0.3 is 0 Å². The van der Waals surface area contributed by atoms with Gasteiger partial charge in [-0.2, -0.15) is 0 Å². The van der Waals surface area contributed by atoms with Crippen LogP contribution in [0.1, 0.15) is 18.1 Å². The number of hydrogen-bond donors (Lipinski definition) is 1. The molecule has 3 aromatic rings. The van der Waals surface area contributed by atoms with E-state index in [0.29, 0.717) is 41.0 Å². The van der Waals surface area contributed by atoms with E-state index in [9.17, 15) is 14.4 Å². The van der Waals surface area contributed by atoms with E-state index in [1.165, 1.54) is 0 Å². The van der Waals surface area contributed by atoms with Gasteiger partial charge in [-0.15, -0.1) is 0 Å². The van der Waals surface area contributed by atoms with Gasteiger partial charge in [0.25, 0.3) is 11.1 Å². The van der Waals surface area contributed by atoms with Crippen molar-refractivity contribution in [2.45, 2.75) is 13.5 Å². The van der Waals surface area contributed by atoms with Crippen LogP contribution in [0, 0.1) is 0 Å². The minimum Gasteiger partial charge on any atom is -0.494 e. The van der Waals surface area contributed by atoms with E-state index in [1.54, 1.807) is 60.7 Å². The van der Waals surface area contributed by atoms with Crippen molar-refractivity contribution in [1.82, 2.24) is 4.90 Å². The number of anilines is 1. The fourth-order valence-corrected chi connectivity index (χ4v) is 4.43. The Morgan fingerprint density at radius 2 is 1.78 bits per heavy atom. The monoisotopic (exact) mass is 522 g/mol. The minimum absolute atomic E-state index is 0.233. The third kappa shape index (κ3) is 6.47. The molecule has 36 heavy (non-hydrogen) atoms. The second-order valence-corrected chi connectivity index (χ2v) is 9.13. The highest BCUT2D eigenvalue weighted by Gasteiger charge is 2.36. The maximum Gasteiger partial charge on any atom is 0.294 e. The number of hydrogen-bond acceptors (Lipinski definition) is 6. The number of ether oxygens (including phenoxy) is 2. The molecule has 1 aliphatic rings. The molecule has 3 amide bonds. The molecule has 1 fully saturated rings. The predicted octanol–water partition coefficient (Wildman–Crippen LogP) is 5.99. The molecule has 9 heteroatoms. The smallest absolute Gasteiger partial charge is 0.294 e. The van der Waals surface area contributed by atoms with Gasteiger partial charge < -0.3 is 14.8 Å². The van der Waals surface area contributed by atoms with Crippen molar-refractivity contribution in [3.63, 3.8) is 0 Å². The first-order valence-corrected chi connectivity index (χ1v) is 12.4. The minimum atomic E-state index is -0.519. The molecule has 0 aliphatic carbocycles. The molecule has 4 rings (SSSR count). The zero-order chi connectivity index (χ0) is 25.5. The van der Waals surface area contributed by atoms with Crippen molar-refractivity contribution in [2.24, 2.45) is 0 Å². The zero-order valence-electron chi connectivity index (χ0n) is 19.4. The van der Waals surface area contributed by atoms with Crippen LogP contribution in [0.5, 0.6) is 11.5 Å². The van der Waals surface area contributed by atoms with Crippen molar-refractivity contribution in [1.29, 1.82) is 0 Å². The molecule has 1 N–H and O–H groups in total. The molecule has 0 radical (unpaired) electrons. The van der Waals surface area contributed by atoms with Crippen LogP contribution >= 0.6 is 23.4 Å². The second kappa shape index (κ2) is 11.8. The SMILES string of the molecule is CCOc1ccc(NC(=O)CN2C(=O)S/C(=C/c3cccc(OCc4ccccc4Cl)c3)C2=O)cc1. The lowest BCUT2D eigenvalue weighted by Gasteiger charge is -2.12. The Morgan fingerprint density at radius 1 is 1.00 bits per heavy atom. The van der Waals surface area contributed by atoms with E-state index in [4.69, 9.17) is 21.1 Å². The average molecular weight is 523 g/mol. The maximum absolute atomic E-state index is 12.8. The Bertz CT molecular complexity index is 1310. The maximum atomic E-state index is 12.8. The van der Waals surface area contributed by atoms with Gasteiger partial charge in [-0.25, -0.2) is 0 Å². The Hall–Kier alpha value is -3.75. The van der Waals surface area contributed by atoms with Gasteiger partial charge in [0.1, 0.15) is 24.7 Å². The van der Waals surface area contributed by atoms with E-state index in [2.05, 4.69) is 5.32 Å². The summed E-state index contributed by atoms with van der Waals surface area (Å²) in [5, 5.41) is 2.81. The Morgan fingerprint density at radius 3 is 2.53 bits per heavy atom. The zero-order valence-corrected chi connectivity index (χ0v) is 21.0. The standard InChI is InChI=1S/C27H23ClN2O5S/c1-2-34-21-12-10-20(11-13-21)29-25(31)16-30-26(32)24(36-27(30)33)15-18-6-5-8-22(14-18)35-17-19-7-3-4-9-23(19)28/h3-15H,2,16-17H2,1H3,(H,29,31)/b24-15+. The molecule has 0 atom stereocenters. The number of rotatable bonds is 9. The largest absolute Gasteiger partial charge is 0.494 e. The molecule has 184 valence electrons. The van der Waals surface area contributed by atoms with Gasteiger partial charge in [-0.05, 0) is 72.8 Å². The number of thioether (sulfide) groups is 1. The van der Waals surface area contributed by atoms with Crippen LogP contribution in [0.25, 0.3) is 6.08 Å². The molecule has 1 aliphatic heterocycles. The summed E-state index contributed by atoms with van der Waals surface area (Å²) in [6.07, 6.45) is 1.61. The van der Waals surface area contributed by atoms with Gasteiger partial charge in [0.15, 0.2) is 0 Å². The van der Waals surface area contributed by atoms with E-state index < -0.39 is 17.1 Å². The first-order valence-electron chi connectivity index (χ1n) is 11.2. The number of nitrogens with one attached hydrogen (secondary N) is 1. The highest BCUT2D eigenvalue weighted by molar-refractivity contribution is 8.18. The summed E-state index contributed by atoms with van der Waals surface area (Å²) in [4.78, 5) is 38.9. The topological polar surface area (TPSA) is 84.9 Å². The summed E-state index contributed by atoms with van der Waals surface area (Å²) in [5.74, 6) is 0.287. The number of imide groups is 1. The summed E-state index contributed by atoms with van der Waals surface area (Å²) >= 11 is 6.97. The Kier molecular flexibility index (Phi) is 8.30. The van der Waals surface area contributed by atoms with Crippen molar-refractivity contribution < 1.29 is 23.9 Å². The normalized spacial score (nSPS) is 14.3. The van der Waals surface area contributed by atoms with Gasteiger partial charge in [-0.3, -0.25) is 19.3 Å². The van der Waals surface area contributed by atoms with Crippen LogP contribution in [-0.2, 0) is 16.2 Å². The van der Waals surface area contributed by atoms with E-state index in [0.717, 1.165) is 22.2 Å². The van der Waals surface area contributed by atoms with Crippen LogP contribution in [0.4, 0.5) is 10.5 Å². The van der Waals surface area contributed by atoms with E-state index >= 15 is 0 Å². The summed E-state index contributed by atoms with van der Waals surface area (Å²) in [5.41, 5.74) is 2.09. The molecule has 0 saturated carbocycles. The number of halogens is 1. The average Bonchev–Trinajstić information content (AvgIpc) is 3.12. The lowest BCUT2D eigenvalue weighted by molar-refractivity contribution is -0.127. The Labute approximate surface area is 218 Å². The molecule has 3 aromatic carbocycles. The summed E-state index contributed by atoms with van der Waals surface area (Å²) < 4.78 is 11.2. The van der Waals surface area contributed by atoms with Crippen LogP contribution in [0.2, 0.25) is 5.02 Å². The molecule has 1 heterocycles. The lowest BCUT2D eigenvalue weighted by Crippen LogP contribution is -2.36. The molecule has 0 unspecified atom stereocenters. The first kappa shape index (κ1) is 25.3. The van der Waals surface area contributed by atoms with Gasteiger partial charge in [-0.1, -0.05) is 41.9 Å². The fraction of sp³-hybridized carbons (Fsp3) is 0.148. The number of nitrogens with zero attached hydrogens (tertiary/aromatic N) is 1. The van der Waals surface area contributed by atoms with Crippen LogP contribution in [0.15, 0.2) is 77.7 Å². The van der Waals surface area contributed by atoms with Crippen molar-refractivity contribution in [2.75, 3.05) is 18.5 Å². The third-order valence-corrected chi connectivity index (χ3v) is 6.41. The van der Waals surface area contributed by atoms with Crippen molar-refractivity contribution in [3.05, 3.63) is 93.9 Å². The molecular weight excluding hydrogens is 500 g/mol.